The van der Waals surface area contributed by atoms with Gasteiger partial charge in [0.15, 0.2) is 24.8 Å². The van der Waals surface area contributed by atoms with Crippen LogP contribution in [0.15, 0.2) is 121 Å². The van der Waals surface area contributed by atoms with Crippen LogP contribution >= 0.6 is 0 Å². The lowest BCUT2D eigenvalue weighted by Gasteiger charge is -2.49. The molecule has 6 rings (SSSR count). The van der Waals surface area contributed by atoms with Crippen molar-refractivity contribution in [1.29, 1.82) is 0 Å². The zero-order valence-electron chi connectivity index (χ0n) is 35.8. The van der Waals surface area contributed by atoms with E-state index in [-0.39, 0.29) is 39.6 Å². The van der Waals surface area contributed by atoms with Gasteiger partial charge in [-0.25, -0.2) is 0 Å². The third-order valence-electron chi connectivity index (χ3n) is 10.2. The van der Waals surface area contributed by atoms with E-state index in [4.69, 9.17) is 47.4 Å². The van der Waals surface area contributed by atoms with Crippen LogP contribution in [-0.4, -0.2) is 98.4 Å². The summed E-state index contributed by atoms with van der Waals surface area (Å²) in [6.07, 6.45) is -10.7. The van der Waals surface area contributed by atoms with Crippen molar-refractivity contribution in [2.24, 2.45) is 0 Å². The highest BCUT2D eigenvalue weighted by Gasteiger charge is 2.56. The maximum Gasteiger partial charge on any atom is 0.303 e. The molecular weight excluding hydrogens is 815 g/mol. The number of carbonyl (C=O) groups is 4. The van der Waals surface area contributed by atoms with Crippen molar-refractivity contribution in [3.05, 3.63) is 144 Å². The van der Waals surface area contributed by atoms with Gasteiger partial charge in [0.1, 0.15) is 43.2 Å². The maximum absolute atomic E-state index is 13.0. The predicted octanol–water partition coefficient (Wildman–Crippen LogP) is 5.36. The first-order valence-corrected chi connectivity index (χ1v) is 20.8. The van der Waals surface area contributed by atoms with Gasteiger partial charge < -0.3 is 52.7 Å². The Morgan fingerprint density at radius 1 is 0.476 bits per heavy atom. The summed E-state index contributed by atoms with van der Waals surface area (Å²) < 4.78 is 63.3. The second-order valence-electron chi connectivity index (χ2n) is 15.2. The van der Waals surface area contributed by atoms with E-state index in [9.17, 15) is 19.2 Å². The van der Waals surface area contributed by atoms with Gasteiger partial charge in [-0.05, 0) is 22.3 Å². The number of carbonyl (C=O) groups excluding carboxylic acids is 4. The summed E-state index contributed by atoms with van der Waals surface area (Å²) >= 11 is 0. The van der Waals surface area contributed by atoms with E-state index in [2.05, 4.69) is 5.32 Å². The molecule has 0 saturated carbocycles. The van der Waals surface area contributed by atoms with E-state index in [1.807, 2.05) is 121 Å². The molecule has 0 radical (unpaired) electrons. The molecule has 1 amide bonds. The summed E-state index contributed by atoms with van der Waals surface area (Å²) in [6, 6.07) is 36.8. The largest absolute Gasteiger partial charge is 0.463 e. The standard InChI is InChI=1S/C48H55NO14/c1-31(50)49-41-44(56-26-36-19-11-6-12-20-36)42(39(29-54-25-35-17-9-5-10-18-35)61-47(41)58-28-38-23-15-8-16-24-38)63-48-46(60-34(4)53)45(57-27-37-21-13-7-14-22-37)43(59-33(3)52)40(62-48)30-55-32(2)51/h5-24,39-48H,25-30H2,1-4H3,(H,49,50)/t39-,40-,41-,42-,43+,44-,45+,46-,47+,48+/m1/s1. The smallest absolute Gasteiger partial charge is 0.303 e. The first kappa shape index (κ1) is 47.0. The summed E-state index contributed by atoms with van der Waals surface area (Å²) in [5.41, 5.74) is 3.37. The van der Waals surface area contributed by atoms with Crippen molar-refractivity contribution in [3.8, 4) is 0 Å². The fourth-order valence-corrected chi connectivity index (χ4v) is 7.40. The van der Waals surface area contributed by atoms with Crippen molar-refractivity contribution in [2.45, 2.75) is 115 Å². The molecule has 4 aromatic rings. The molecule has 15 heteroatoms. The highest BCUT2D eigenvalue weighted by molar-refractivity contribution is 5.73. The molecule has 2 saturated heterocycles. The first-order valence-electron chi connectivity index (χ1n) is 20.8. The number of ether oxygens (including phenoxy) is 10. The molecule has 0 aliphatic carbocycles. The lowest BCUT2D eigenvalue weighted by molar-refractivity contribution is -0.357. The highest BCUT2D eigenvalue weighted by atomic mass is 16.8. The van der Waals surface area contributed by atoms with Crippen molar-refractivity contribution in [1.82, 2.24) is 5.32 Å². The van der Waals surface area contributed by atoms with Gasteiger partial charge in [-0.2, -0.15) is 0 Å². The van der Waals surface area contributed by atoms with E-state index in [0.29, 0.717) is 0 Å². The molecule has 4 aromatic carbocycles. The van der Waals surface area contributed by atoms with Crippen LogP contribution in [0.5, 0.6) is 0 Å². The van der Waals surface area contributed by atoms with Crippen LogP contribution in [0, 0.1) is 0 Å². The monoisotopic (exact) mass is 869 g/mol. The van der Waals surface area contributed by atoms with E-state index in [1.165, 1.54) is 27.7 Å². The number of esters is 3. The molecule has 0 unspecified atom stereocenters. The molecule has 2 aliphatic heterocycles. The normalized spacial score (nSPS) is 25.7. The SMILES string of the molecule is CC(=O)N[C@H]1[C@@H](OCc2ccccc2)O[C@H](COCc2ccccc2)[C@@H](O[C@@H]2O[C@H](COC(C)=O)[C@H](OC(C)=O)[C@H](OCc3ccccc3)[C@H]2OC(C)=O)[C@@H]1OCc1ccccc1. The Bertz CT molecular complexity index is 2020. The fourth-order valence-electron chi connectivity index (χ4n) is 7.40. The van der Waals surface area contributed by atoms with Gasteiger partial charge in [0.25, 0.3) is 0 Å². The van der Waals surface area contributed by atoms with Gasteiger partial charge in [-0.1, -0.05) is 121 Å². The van der Waals surface area contributed by atoms with Gasteiger partial charge in [-0.15, -0.1) is 0 Å². The Labute approximate surface area is 367 Å². The third-order valence-corrected chi connectivity index (χ3v) is 10.2. The van der Waals surface area contributed by atoms with Crippen LogP contribution in [0.3, 0.4) is 0 Å². The molecule has 15 nitrogen and oxygen atoms in total. The maximum atomic E-state index is 13.0. The van der Waals surface area contributed by atoms with Gasteiger partial charge in [0.05, 0.1) is 33.0 Å². The zero-order chi connectivity index (χ0) is 44.6. The van der Waals surface area contributed by atoms with Crippen LogP contribution in [0.1, 0.15) is 49.9 Å². The number of benzene rings is 4. The molecular formula is C48H55NO14. The summed E-state index contributed by atoms with van der Waals surface area (Å²) in [5.74, 6) is -2.41. The van der Waals surface area contributed by atoms with E-state index in [1.54, 1.807) is 0 Å². The van der Waals surface area contributed by atoms with Crippen LogP contribution in [0.2, 0.25) is 0 Å². The average molecular weight is 870 g/mol. The van der Waals surface area contributed by atoms with E-state index < -0.39 is 85.2 Å². The quantitative estimate of drug-likeness (QED) is 0.0889. The summed E-state index contributed by atoms with van der Waals surface area (Å²) in [4.78, 5) is 50.8. The minimum absolute atomic E-state index is 0.00435. The number of nitrogens with one attached hydrogen (secondary N) is 1. The Hall–Kier alpha value is -5.52. The molecule has 1 N–H and O–H groups in total. The molecule has 10 atom stereocenters. The van der Waals surface area contributed by atoms with Gasteiger partial charge in [-0.3, -0.25) is 19.2 Å². The summed E-state index contributed by atoms with van der Waals surface area (Å²) in [5, 5.41) is 2.98. The molecule has 2 fully saturated rings. The Kier molecular flexibility index (Phi) is 17.7. The molecule has 2 heterocycles. The topological polar surface area (TPSA) is 173 Å². The van der Waals surface area contributed by atoms with Gasteiger partial charge in [0.2, 0.25) is 5.91 Å². The number of rotatable bonds is 20. The van der Waals surface area contributed by atoms with Crippen molar-refractivity contribution in [2.75, 3.05) is 13.2 Å². The third kappa shape index (κ3) is 14.2. The molecule has 0 aromatic heterocycles. The molecule has 2 aliphatic rings. The van der Waals surface area contributed by atoms with Crippen molar-refractivity contribution < 1.29 is 66.5 Å². The van der Waals surface area contributed by atoms with Crippen molar-refractivity contribution in [3.63, 3.8) is 0 Å². The Balaban J connectivity index is 1.41. The molecule has 0 bridgehead atoms. The van der Waals surface area contributed by atoms with E-state index >= 15 is 0 Å². The van der Waals surface area contributed by atoms with Crippen LogP contribution in [-0.2, 0) is 93.0 Å². The minimum Gasteiger partial charge on any atom is -0.463 e. The Morgan fingerprint density at radius 2 is 0.921 bits per heavy atom. The van der Waals surface area contributed by atoms with Gasteiger partial charge >= 0.3 is 17.9 Å². The second kappa shape index (κ2) is 23.8. The fraction of sp³-hybridized carbons (Fsp3) is 0.417. The van der Waals surface area contributed by atoms with Crippen LogP contribution < -0.4 is 5.32 Å². The number of amides is 1. The molecule has 63 heavy (non-hydrogen) atoms. The predicted molar refractivity (Wildman–Crippen MR) is 225 cm³/mol. The van der Waals surface area contributed by atoms with Gasteiger partial charge in [0, 0.05) is 27.7 Å². The molecule has 336 valence electrons. The second-order valence-corrected chi connectivity index (χ2v) is 15.2. The first-order chi connectivity index (χ1) is 30.5. The van der Waals surface area contributed by atoms with Crippen LogP contribution in [0.4, 0.5) is 0 Å². The zero-order valence-corrected chi connectivity index (χ0v) is 35.8. The van der Waals surface area contributed by atoms with E-state index in [0.717, 1.165) is 22.3 Å². The lowest BCUT2D eigenvalue weighted by atomic mass is 9.94. The number of hydrogen-bond donors (Lipinski definition) is 1. The average Bonchev–Trinajstić information content (AvgIpc) is 3.27. The summed E-state index contributed by atoms with van der Waals surface area (Å²) in [6.45, 7) is 5.02. The summed E-state index contributed by atoms with van der Waals surface area (Å²) in [7, 11) is 0. The van der Waals surface area contributed by atoms with Crippen LogP contribution in [0.25, 0.3) is 0 Å². The lowest BCUT2D eigenvalue weighted by Crippen LogP contribution is -2.68. The molecule has 0 spiro atoms. The Morgan fingerprint density at radius 3 is 1.41 bits per heavy atom. The van der Waals surface area contributed by atoms with Crippen molar-refractivity contribution >= 4 is 23.8 Å². The number of hydrogen-bond acceptors (Lipinski definition) is 14. The minimum atomic E-state index is -1.49. The highest BCUT2D eigenvalue weighted by Crippen LogP contribution is 2.35.